The lowest BCUT2D eigenvalue weighted by Gasteiger charge is -2.30. The molecule has 2 aromatic carbocycles. The summed E-state index contributed by atoms with van der Waals surface area (Å²) in [6, 6.07) is 16.1. The summed E-state index contributed by atoms with van der Waals surface area (Å²) in [5, 5.41) is 20.0. The van der Waals surface area contributed by atoms with Crippen LogP contribution in [0, 0.1) is 17.6 Å². The molecule has 0 spiro atoms. The van der Waals surface area contributed by atoms with E-state index in [1.54, 1.807) is 28.7 Å². The second kappa shape index (κ2) is 14.2. The van der Waals surface area contributed by atoms with Gasteiger partial charge < -0.3 is 14.6 Å². The summed E-state index contributed by atoms with van der Waals surface area (Å²) in [4.78, 5) is 39.1. The summed E-state index contributed by atoms with van der Waals surface area (Å²) in [5.41, 5.74) is 3.44. The molecule has 12 heteroatoms. The third-order valence-corrected chi connectivity index (χ3v) is 10.3. The maximum Gasteiger partial charge on any atom is 0.337 e. The van der Waals surface area contributed by atoms with Crippen molar-refractivity contribution >= 4 is 16.7 Å². The van der Waals surface area contributed by atoms with Crippen molar-refractivity contribution in [1.82, 2.24) is 28.4 Å². The first kappa shape index (κ1) is 34.3. The summed E-state index contributed by atoms with van der Waals surface area (Å²) in [5.74, 6) is -0.509. The zero-order valence-corrected chi connectivity index (χ0v) is 28.5. The van der Waals surface area contributed by atoms with Crippen molar-refractivity contribution in [3.05, 3.63) is 123 Å². The fraction of sp³-hybridized carbons (Fsp3) is 0.333. The number of imidazole rings is 1. The van der Waals surface area contributed by atoms with Crippen LogP contribution in [0.3, 0.4) is 0 Å². The molecule has 0 amide bonds. The zero-order valence-electron chi connectivity index (χ0n) is 28.5. The van der Waals surface area contributed by atoms with E-state index in [2.05, 4.69) is 9.97 Å². The number of aliphatic hydroxyl groups excluding tert-OH is 1. The molecule has 264 valence electrons. The number of hydrogen-bond acceptors (Lipinski definition) is 7. The standard InChI is InChI=1S/C39H40F2N6O4/c1-24(23-48)44(2)20-27-17-33(49)13-14-34(27)26-4-3-5-32(16-26)46-37-35(18-29(41)19-42-37)38(50)47(39(46)51)31-11-7-25(8-12-31)6-10-30-22-45-21-28(40)9-15-36(45)43-30/h3-5,9,13-19,21-22,24-25,31,48-49H,6-8,10-12,20,23H2,1-2H3/t24-,25?,31?/m0/s1. The molecule has 0 radical (unpaired) electrons. The van der Waals surface area contributed by atoms with Gasteiger partial charge in [-0.05, 0) is 118 Å². The summed E-state index contributed by atoms with van der Waals surface area (Å²) >= 11 is 0. The molecule has 6 aromatic rings. The Labute approximate surface area is 292 Å². The van der Waals surface area contributed by atoms with Gasteiger partial charge in [0.1, 0.15) is 23.0 Å². The average Bonchev–Trinajstić information content (AvgIpc) is 3.53. The van der Waals surface area contributed by atoms with Gasteiger partial charge in [0.15, 0.2) is 5.65 Å². The highest BCUT2D eigenvalue weighted by Crippen LogP contribution is 2.34. The van der Waals surface area contributed by atoms with Crippen LogP contribution >= 0.6 is 0 Å². The smallest absolute Gasteiger partial charge is 0.337 e. The molecule has 0 unspecified atom stereocenters. The normalized spacial score (nSPS) is 17.1. The maximum absolute atomic E-state index is 14.6. The molecule has 7 rings (SSSR count). The first-order valence-electron chi connectivity index (χ1n) is 17.3. The number of phenolic OH excluding ortho intramolecular Hbond substituents is 1. The second-order valence-electron chi connectivity index (χ2n) is 13.7. The van der Waals surface area contributed by atoms with Crippen LogP contribution in [0.4, 0.5) is 8.78 Å². The molecular formula is C39H40F2N6O4. The fourth-order valence-electron chi connectivity index (χ4n) is 7.29. The number of phenols is 1. The molecule has 1 aliphatic carbocycles. The molecule has 0 saturated heterocycles. The van der Waals surface area contributed by atoms with E-state index in [-0.39, 0.29) is 41.3 Å². The highest BCUT2D eigenvalue weighted by Gasteiger charge is 2.27. The quantitative estimate of drug-likeness (QED) is 0.180. The van der Waals surface area contributed by atoms with Crippen LogP contribution in [-0.4, -0.2) is 58.3 Å². The first-order valence-corrected chi connectivity index (χ1v) is 17.3. The van der Waals surface area contributed by atoms with Crippen LogP contribution in [0.1, 0.15) is 56.3 Å². The Hall–Kier alpha value is -5.20. The molecule has 4 aromatic heterocycles. The Morgan fingerprint density at radius 1 is 0.980 bits per heavy atom. The Balaban J connectivity index is 1.19. The van der Waals surface area contributed by atoms with Crippen LogP contribution in [0.25, 0.3) is 33.5 Å². The van der Waals surface area contributed by atoms with E-state index in [1.165, 1.54) is 21.4 Å². The number of halogens is 2. The van der Waals surface area contributed by atoms with Gasteiger partial charge in [0.25, 0.3) is 5.56 Å². The Morgan fingerprint density at radius 2 is 1.78 bits per heavy atom. The minimum Gasteiger partial charge on any atom is -0.508 e. The molecule has 1 saturated carbocycles. The van der Waals surface area contributed by atoms with E-state index in [0.29, 0.717) is 36.6 Å². The number of fused-ring (bicyclic) bond motifs is 2. The molecule has 1 fully saturated rings. The number of aryl methyl sites for hydroxylation is 1. The molecule has 4 heterocycles. The highest BCUT2D eigenvalue weighted by atomic mass is 19.1. The van der Waals surface area contributed by atoms with Gasteiger partial charge in [-0.2, -0.15) is 0 Å². The van der Waals surface area contributed by atoms with Crippen molar-refractivity contribution < 1.29 is 19.0 Å². The van der Waals surface area contributed by atoms with Gasteiger partial charge in [0.2, 0.25) is 0 Å². The van der Waals surface area contributed by atoms with Gasteiger partial charge in [-0.25, -0.2) is 28.1 Å². The largest absolute Gasteiger partial charge is 0.508 e. The minimum absolute atomic E-state index is 0.0205. The van der Waals surface area contributed by atoms with Crippen LogP contribution in [0.2, 0.25) is 0 Å². The maximum atomic E-state index is 14.6. The van der Waals surface area contributed by atoms with Crippen molar-refractivity contribution in [2.24, 2.45) is 5.92 Å². The summed E-state index contributed by atoms with van der Waals surface area (Å²) in [6.07, 6.45) is 8.72. The molecule has 51 heavy (non-hydrogen) atoms. The lowest BCUT2D eigenvalue weighted by molar-refractivity contribution is 0.154. The van der Waals surface area contributed by atoms with Crippen molar-refractivity contribution in [3.63, 3.8) is 0 Å². The zero-order chi connectivity index (χ0) is 35.8. The molecule has 10 nitrogen and oxygen atoms in total. The third-order valence-electron chi connectivity index (χ3n) is 10.3. The van der Waals surface area contributed by atoms with E-state index in [0.717, 1.165) is 60.3 Å². The predicted octanol–water partition coefficient (Wildman–Crippen LogP) is 6.02. The Morgan fingerprint density at radius 3 is 2.57 bits per heavy atom. The number of benzene rings is 2. The van der Waals surface area contributed by atoms with E-state index in [4.69, 9.17) is 0 Å². The number of pyridine rings is 2. The predicted molar refractivity (Wildman–Crippen MR) is 191 cm³/mol. The number of aromatic hydroxyl groups is 1. The summed E-state index contributed by atoms with van der Waals surface area (Å²) in [6.45, 7) is 2.34. The van der Waals surface area contributed by atoms with E-state index in [1.807, 2.05) is 49.3 Å². The number of aromatic nitrogens is 5. The monoisotopic (exact) mass is 694 g/mol. The summed E-state index contributed by atoms with van der Waals surface area (Å²) < 4.78 is 32.6. The number of likely N-dealkylation sites (N-methyl/N-ethyl adjacent to an activating group) is 1. The van der Waals surface area contributed by atoms with Crippen molar-refractivity contribution in [2.75, 3.05) is 13.7 Å². The van der Waals surface area contributed by atoms with Gasteiger partial charge >= 0.3 is 5.69 Å². The fourth-order valence-corrected chi connectivity index (χ4v) is 7.29. The second-order valence-corrected chi connectivity index (χ2v) is 13.7. The number of rotatable bonds is 10. The number of nitrogens with zero attached hydrogens (tertiary/aromatic N) is 6. The van der Waals surface area contributed by atoms with Gasteiger partial charge in [0.05, 0.1) is 29.6 Å². The molecule has 0 bridgehead atoms. The average molecular weight is 695 g/mol. The minimum atomic E-state index is -0.668. The molecule has 0 aliphatic heterocycles. The van der Waals surface area contributed by atoms with Gasteiger partial charge in [0, 0.05) is 31.0 Å². The van der Waals surface area contributed by atoms with Crippen LogP contribution in [-0.2, 0) is 13.0 Å². The van der Waals surface area contributed by atoms with Crippen molar-refractivity contribution in [2.45, 2.75) is 64.1 Å². The molecular weight excluding hydrogens is 654 g/mol. The Kier molecular flexibility index (Phi) is 9.54. The highest BCUT2D eigenvalue weighted by molar-refractivity contribution is 5.77. The molecule has 1 atom stereocenters. The van der Waals surface area contributed by atoms with Crippen molar-refractivity contribution in [1.29, 1.82) is 0 Å². The van der Waals surface area contributed by atoms with Crippen LogP contribution in [0.5, 0.6) is 5.75 Å². The molecule has 2 N–H and O–H groups in total. The number of hydrogen-bond donors (Lipinski definition) is 2. The van der Waals surface area contributed by atoms with E-state index in [9.17, 15) is 28.6 Å². The first-order chi connectivity index (χ1) is 24.6. The van der Waals surface area contributed by atoms with E-state index < -0.39 is 17.1 Å². The molecule has 1 aliphatic rings. The van der Waals surface area contributed by atoms with Crippen LogP contribution in [0.15, 0.2) is 88.8 Å². The lowest BCUT2D eigenvalue weighted by atomic mass is 9.83. The van der Waals surface area contributed by atoms with Gasteiger partial charge in [-0.1, -0.05) is 18.2 Å². The number of aliphatic hydroxyl groups is 1. The van der Waals surface area contributed by atoms with Crippen molar-refractivity contribution in [3.8, 4) is 22.6 Å². The summed E-state index contributed by atoms with van der Waals surface area (Å²) in [7, 11) is 1.89. The topological polar surface area (TPSA) is 118 Å². The Bertz CT molecular complexity index is 2340. The van der Waals surface area contributed by atoms with Gasteiger partial charge in [-0.15, -0.1) is 0 Å². The van der Waals surface area contributed by atoms with Gasteiger partial charge in [-0.3, -0.25) is 14.3 Å². The third kappa shape index (κ3) is 6.93. The lowest BCUT2D eigenvalue weighted by Crippen LogP contribution is -2.43. The SMILES string of the molecule is C[C@@H](CO)N(C)Cc1cc(O)ccc1-c1cccc(-n2c(=O)n(C3CCC(CCc4cn5cc(F)ccc5n4)CC3)c(=O)c3cc(F)cnc32)c1. The van der Waals surface area contributed by atoms with Crippen LogP contribution < -0.4 is 11.2 Å². The van der Waals surface area contributed by atoms with E-state index >= 15 is 0 Å².